The number of carboxylic acid groups (broad SMARTS) is 1. The zero-order valence-corrected chi connectivity index (χ0v) is 10.3. The molecule has 1 N–H and O–H groups in total. The van der Waals surface area contributed by atoms with Crippen molar-refractivity contribution in [2.75, 3.05) is 0 Å². The van der Waals surface area contributed by atoms with E-state index in [1.807, 2.05) is 18.2 Å². The number of nitrogens with zero attached hydrogens (tertiary/aromatic N) is 4. The van der Waals surface area contributed by atoms with Crippen LogP contribution in [0.2, 0.25) is 0 Å². The topological polar surface area (TPSA) is 90.1 Å². The van der Waals surface area contributed by atoms with E-state index in [4.69, 9.17) is 9.84 Å². The number of carbonyl (C=O) groups is 1. The van der Waals surface area contributed by atoms with Crippen LogP contribution < -0.4 is 0 Å². The molecule has 0 saturated heterocycles. The van der Waals surface area contributed by atoms with Gasteiger partial charge in [0.25, 0.3) is 0 Å². The maximum absolute atomic E-state index is 11.0. The highest BCUT2D eigenvalue weighted by molar-refractivity contribution is 5.72. The molecule has 0 spiro atoms. The lowest BCUT2D eigenvalue weighted by Gasteiger charge is -2.09. The van der Waals surface area contributed by atoms with Gasteiger partial charge in [0.1, 0.15) is 0 Å². The molecular formula is C12H12N4O3. The first kappa shape index (κ1) is 11.8. The SMILES string of the molecule is CC(C(=O)O)n1nnnc1-c1ccc2c(c1)COC2. The molecule has 0 aliphatic carbocycles. The van der Waals surface area contributed by atoms with Gasteiger partial charge in [-0.05, 0) is 34.5 Å². The number of tetrazole rings is 1. The molecule has 1 aromatic carbocycles. The van der Waals surface area contributed by atoms with Crippen molar-refractivity contribution in [3.63, 3.8) is 0 Å². The highest BCUT2D eigenvalue weighted by Crippen LogP contribution is 2.26. The highest BCUT2D eigenvalue weighted by atomic mass is 16.5. The molecule has 3 rings (SSSR count). The van der Waals surface area contributed by atoms with Crippen molar-refractivity contribution < 1.29 is 14.6 Å². The minimum absolute atomic E-state index is 0.449. The summed E-state index contributed by atoms with van der Waals surface area (Å²) >= 11 is 0. The van der Waals surface area contributed by atoms with Gasteiger partial charge in [0, 0.05) is 5.56 Å². The van der Waals surface area contributed by atoms with Crippen molar-refractivity contribution in [2.45, 2.75) is 26.2 Å². The Morgan fingerprint density at radius 3 is 3.00 bits per heavy atom. The second-order valence-corrected chi connectivity index (χ2v) is 4.44. The number of hydrogen-bond acceptors (Lipinski definition) is 5. The van der Waals surface area contributed by atoms with Gasteiger partial charge in [-0.1, -0.05) is 12.1 Å². The molecule has 0 fully saturated rings. The summed E-state index contributed by atoms with van der Waals surface area (Å²) in [5.74, 6) is -0.525. The van der Waals surface area contributed by atoms with Gasteiger partial charge in [-0.25, -0.2) is 9.48 Å². The van der Waals surface area contributed by atoms with Crippen LogP contribution in [0.3, 0.4) is 0 Å². The van der Waals surface area contributed by atoms with Crippen molar-refractivity contribution in [3.8, 4) is 11.4 Å². The van der Waals surface area contributed by atoms with Crippen LogP contribution in [-0.2, 0) is 22.7 Å². The van der Waals surface area contributed by atoms with E-state index in [1.54, 1.807) is 6.92 Å². The van der Waals surface area contributed by atoms with E-state index in [2.05, 4.69) is 15.5 Å². The second kappa shape index (κ2) is 4.43. The molecule has 1 unspecified atom stereocenters. The fourth-order valence-corrected chi connectivity index (χ4v) is 2.06. The summed E-state index contributed by atoms with van der Waals surface area (Å²) in [5.41, 5.74) is 3.03. The van der Waals surface area contributed by atoms with E-state index >= 15 is 0 Å². The zero-order chi connectivity index (χ0) is 13.4. The summed E-state index contributed by atoms with van der Waals surface area (Å²) in [6.45, 7) is 2.73. The van der Waals surface area contributed by atoms with Crippen LogP contribution in [0, 0.1) is 0 Å². The lowest BCUT2D eigenvalue weighted by atomic mass is 10.1. The van der Waals surface area contributed by atoms with Crippen LogP contribution in [0.15, 0.2) is 18.2 Å². The van der Waals surface area contributed by atoms with E-state index in [1.165, 1.54) is 4.68 Å². The molecule has 0 amide bonds. The number of aromatic nitrogens is 4. The summed E-state index contributed by atoms with van der Waals surface area (Å²) in [7, 11) is 0. The van der Waals surface area contributed by atoms with Crippen molar-refractivity contribution in [2.24, 2.45) is 0 Å². The van der Waals surface area contributed by atoms with Crippen LogP contribution in [-0.4, -0.2) is 31.3 Å². The van der Waals surface area contributed by atoms with Crippen molar-refractivity contribution in [1.29, 1.82) is 0 Å². The summed E-state index contributed by atoms with van der Waals surface area (Å²) < 4.78 is 6.66. The first-order valence-corrected chi connectivity index (χ1v) is 5.87. The van der Waals surface area contributed by atoms with Gasteiger partial charge < -0.3 is 9.84 Å². The van der Waals surface area contributed by atoms with Crippen LogP contribution in [0.1, 0.15) is 24.1 Å². The first-order valence-electron chi connectivity index (χ1n) is 5.87. The summed E-state index contributed by atoms with van der Waals surface area (Å²) in [6, 6.07) is 4.97. The molecule has 7 nitrogen and oxygen atoms in total. The Kier molecular flexibility index (Phi) is 2.75. The van der Waals surface area contributed by atoms with Gasteiger partial charge in [0.2, 0.25) is 0 Å². The van der Waals surface area contributed by atoms with Gasteiger partial charge in [0.15, 0.2) is 11.9 Å². The summed E-state index contributed by atoms with van der Waals surface area (Å²) in [6.07, 6.45) is 0. The summed E-state index contributed by atoms with van der Waals surface area (Å²) in [4.78, 5) is 11.0. The third kappa shape index (κ3) is 1.97. The molecule has 0 bridgehead atoms. The Balaban J connectivity index is 2.03. The standard InChI is InChI=1S/C12H12N4O3/c1-7(12(17)18)16-11(13-14-15-16)8-2-3-9-5-19-6-10(9)4-8/h2-4,7H,5-6H2,1H3,(H,17,18). The molecule has 1 aromatic heterocycles. The van der Waals surface area contributed by atoms with E-state index in [-0.39, 0.29) is 0 Å². The molecule has 0 saturated carbocycles. The molecule has 2 aromatic rings. The number of aliphatic carboxylic acids is 1. The number of fused-ring (bicyclic) bond motifs is 1. The van der Waals surface area contributed by atoms with E-state index < -0.39 is 12.0 Å². The Hall–Kier alpha value is -2.28. The summed E-state index contributed by atoms with van der Waals surface area (Å²) in [5, 5.41) is 20.3. The Bertz CT molecular complexity index is 638. The van der Waals surface area contributed by atoms with Gasteiger partial charge in [0.05, 0.1) is 13.2 Å². The number of rotatable bonds is 3. The number of carboxylic acids is 1. The van der Waals surface area contributed by atoms with Crippen LogP contribution in [0.4, 0.5) is 0 Å². The molecule has 0 radical (unpaired) electrons. The fourth-order valence-electron chi connectivity index (χ4n) is 2.06. The van der Waals surface area contributed by atoms with Crippen molar-refractivity contribution in [3.05, 3.63) is 29.3 Å². The van der Waals surface area contributed by atoms with Crippen LogP contribution in [0.25, 0.3) is 11.4 Å². The lowest BCUT2D eigenvalue weighted by Crippen LogP contribution is -2.18. The van der Waals surface area contributed by atoms with Gasteiger partial charge in [-0.2, -0.15) is 0 Å². The molecule has 7 heteroatoms. The van der Waals surface area contributed by atoms with Gasteiger partial charge in [-0.3, -0.25) is 0 Å². The average molecular weight is 260 g/mol. The van der Waals surface area contributed by atoms with Crippen LogP contribution in [0.5, 0.6) is 0 Å². The minimum atomic E-state index is -0.974. The van der Waals surface area contributed by atoms with E-state index in [0.29, 0.717) is 19.0 Å². The fraction of sp³-hybridized carbons (Fsp3) is 0.333. The monoisotopic (exact) mass is 260 g/mol. The molecule has 19 heavy (non-hydrogen) atoms. The Labute approximate surface area is 108 Å². The normalized spacial score (nSPS) is 15.2. The third-order valence-corrected chi connectivity index (χ3v) is 3.20. The maximum atomic E-state index is 11.0. The van der Waals surface area contributed by atoms with Crippen LogP contribution >= 0.6 is 0 Å². The van der Waals surface area contributed by atoms with E-state index in [0.717, 1.165) is 16.7 Å². The average Bonchev–Trinajstić information content (AvgIpc) is 3.05. The predicted molar refractivity (Wildman–Crippen MR) is 64.1 cm³/mol. The molecule has 1 atom stereocenters. The molecular weight excluding hydrogens is 248 g/mol. The Morgan fingerprint density at radius 2 is 2.21 bits per heavy atom. The first-order chi connectivity index (χ1) is 9.16. The second-order valence-electron chi connectivity index (χ2n) is 4.44. The molecule has 2 heterocycles. The Morgan fingerprint density at radius 1 is 1.42 bits per heavy atom. The lowest BCUT2D eigenvalue weighted by molar-refractivity contribution is -0.140. The largest absolute Gasteiger partial charge is 0.480 e. The van der Waals surface area contributed by atoms with E-state index in [9.17, 15) is 4.79 Å². The van der Waals surface area contributed by atoms with Crippen molar-refractivity contribution >= 4 is 5.97 Å². The minimum Gasteiger partial charge on any atom is -0.480 e. The maximum Gasteiger partial charge on any atom is 0.328 e. The highest BCUT2D eigenvalue weighted by Gasteiger charge is 2.21. The molecule has 1 aliphatic rings. The number of hydrogen-bond donors (Lipinski definition) is 1. The van der Waals surface area contributed by atoms with Crippen molar-refractivity contribution in [1.82, 2.24) is 20.2 Å². The quantitative estimate of drug-likeness (QED) is 0.885. The van der Waals surface area contributed by atoms with Gasteiger partial charge in [-0.15, -0.1) is 5.10 Å². The third-order valence-electron chi connectivity index (χ3n) is 3.20. The zero-order valence-electron chi connectivity index (χ0n) is 10.3. The molecule has 1 aliphatic heterocycles. The number of ether oxygens (including phenoxy) is 1. The molecule has 98 valence electrons. The smallest absolute Gasteiger partial charge is 0.328 e. The van der Waals surface area contributed by atoms with Gasteiger partial charge >= 0.3 is 5.97 Å². The number of benzene rings is 1. The predicted octanol–water partition coefficient (Wildman–Crippen LogP) is 1.02.